The molecule has 27 heavy (non-hydrogen) atoms. The van der Waals surface area contributed by atoms with Crippen LogP contribution in [0.5, 0.6) is 11.5 Å². The second-order valence-corrected chi connectivity index (χ2v) is 6.97. The Bertz CT molecular complexity index is 1000. The molecule has 0 amide bonds. The van der Waals surface area contributed by atoms with Gasteiger partial charge in [-0.2, -0.15) is 0 Å². The second-order valence-electron chi connectivity index (χ2n) is 6.06. The maximum Gasteiger partial charge on any atom is 0.355 e. The number of benzene rings is 2. The van der Waals surface area contributed by atoms with Gasteiger partial charge in [-0.3, -0.25) is 10.5 Å². The molecule has 6 nitrogen and oxygen atoms in total. The maximum absolute atomic E-state index is 12.7. The van der Waals surface area contributed by atoms with Gasteiger partial charge in [-0.15, -0.1) is 0 Å². The Morgan fingerprint density at radius 1 is 1.19 bits per heavy atom. The summed E-state index contributed by atoms with van der Waals surface area (Å²) >= 11 is 3.44. The SMILES string of the molecule is Cn1c(-c2ccc(Br)cc2)c[n+](CC(=O)c2ccc3c(c2)OCO3)c1N.[Br-]. The predicted molar refractivity (Wildman–Crippen MR) is 100 cm³/mol. The molecule has 3 aromatic rings. The Kier molecular flexibility index (Phi) is 5.57. The van der Waals surface area contributed by atoms with Crippen molar-refractivity contribution in [1.82, 2.24) is 4.57 Å². The molecule has 0 saturated carbocycles. The largest absolute Gasteiger partial charge is 1.00 e. The first kappa shape index (κ1) is 19.4. The van der Waals surface area contributed by atoms with Crippen LogP contribution in [-0.2, 0) is 13.6 Å². The standard InChI is InChI=1S/C19H16BrN3O3.BrH/c1-22-15(12-2-5-14(20)6-3-12)9-23(19(22)21)10-16(24)13-4-7-17-18(8-13)26-11-25-17;/h2-9,21H,10-11H2,1H3;1H. The van der Waals surface area contributed by atoms with Gasteiger partial charge >= 0.3 is 5.95 Å². The molecule has 0 radical (unpaired) electrons. The molecule has 1 aliphatic rings. The molecule has 0 bridgehead atoms. The normalized spacial score (nSPS) is 11.9. The van der Waals surface area contributed by atoms with Crippen LogP contribution < -0.4 is 36.8 Å². The Hall–Kier alpha value is -2.32. The van der Waals surface area contributed by atoms with Gasteiger partial charge in [0.25, 0.3) is 0 Å². The summed E-state index contributed by atoms with van der Waals surface area (Å²) in [7, 11) is 1.88. The number of Topliss-reactive ketones (excluding diaryl/α,β-unsaturated/α-hetero) is 1. The third kappa shape index (κ3) is 3.72. The number of hydrogen-bond donors (Lipinski definition) is 1. The molecule has 0 aliphatic carbocycles. The third-order valence-corrected chi connectivity index (χ3v) is 4.95. The van der Waals surface area contributed by atoms with Gasteiger partial charge in [0.1, 0.15) is 18.4 Å². The van der Waals surface area contributed by atoms with Gasteiger partial charge in [-0.1, -0.05) is 28.1 Å². The van der Waals surface area contributed by atoms with Gasteiger partial charge in [0.2, 0.25) is 6.79 Å². The number of ketones is 1. The van der Waals surface area contributed by atoms with Gasteiger partial charge < -0.3 is 26.5 Å². The minimum atomic E-state index is -0.0482. The van der Waals surface area contributed by atoms with E-state index in [0.717, 1.165) is 15.7 Å². The van der Waals surface area contributed by atoms with Crippen molar-refractivity contribution in [3.63, 3.8) is 0 Å². The fraction of sp³-hybridized carbons (Fsp3) is 0.158. The number of hydrogen-bond acceptors (Lipinski definition) is 4. The number of rotatable bonds is 4. The Balaban J connectivity index is 0.00000210. The van der Waals surface area contributed by atoms with E-state index in [2.05, 4.69) is 15.9 Å². The van der Waals surface area contributed by atoms with Crippen molar-refractivity contribution in [2.75, 3.05) is 12.5 Å². The summed E-state index contributed by atoms with van der Waals surface area (Å²) in [5.41, 5.74) is 8.74. The quantitative estimate of drug-likeness (QED) is 0.407. The van der Waals surface area contributed by atoms with Crippen LogP contribution in [0.3, 0.4) is 0 Å². The van der Waals surface area contributed by atoms with Gasteiger partial charge in [0, 0.05) is 15.6 Å². The highest BCUT2D eigenvalue weighted by molar-refractivity contribution is 9.10. The zero-order valence-electron chi connectivity index (χ0n) is 14.5. The fourth-order valence-corrected chi connectivity index (χ4v) is 3.21. The molecule has 4 rings (SSSR count). The summed E-state index contributed by atoms with van der Waals surface area (Å²) in [5.74, 6) is 1.72. The van der Waals surface area contributed by atoms with Crippen molar-refractivity contribution in [3.8, 4) is 22.8 Å². The van der Waals surface area contributed by atoms with E-state index in [1.807, 2.05) is 42.1 Å². The molecule has 2 heterocycles. The number of anilines is 1. The molecule has 0 unspecified atom stereocenters. The lowest BCUT2D eigenvalue weighted by molar-refractivity contribution is -0.667. The van der Waals surface area contributed by atoms with Crippen LogP contribution in [0, 0.1) is 0 Å². The minimum Gasteiger partial charge on any atom is -1.00 e. The summed E-state index contributed by atoms with van der Waals surface area (Å²) in [6.07, 6.45) is 1.89. The lowest BCUT2D eigenvalue weighted by Crippen LogP contribution is -3.00. The summed E-state index contributed by atoms with van der Waals surface area (Å²) in [6, 6.07) is 13.2. The van der Waals surface area contributed by atoms with Crippen LogP contribution in [0.15, 0.2) is 53.1 Å². The number of nitrogens with two attached hydrogens (primary N) is 1. The first-order valence-corrected chi connectivity index (χ1v) is 8.85. The first-order chi connectivity index (χ1) is 12.5. The number of carbonyl (C=O) groups excluding carboxylic acids is 1. The molecule has 1 aromatic heterocycles. The van der Waals surface area contributed by atoms with E-state index in [0.29, 0.717) is 23.0 Å². The molecule has 0 saturated heterocycles. The molecule has 140 valence electrons. The monoisotopic (exact) mass is 493 g/mol. The lowest BCUT2D eigenvalue weighted by Gasteiger charge is -2.02. The number of nitrogens with zero attached hydrogens (tertiary/aromatic N) is 2. The zero-order chi connectivity index (χ0) is 18.3. The molecule has 1 aliphatic heterocycles. The molecule has 2 N–H and O–H groups in total. The van der Waals surface area contributed by atoms with Crippen LogP contribution >= 0.6 is 15.9 Å². The summed E-state index contributed by atoms with van der Waals surface area (Å²) in [6.45, 7) is 0.333. The highest BCUT2D eigenvalue weighted by atomic mass is 79.9. The number of aromatic nitrogens is 2. The van der Waals surface area contributed by atoms with Crippen molar-refractivity contribution in [3.05, 3.63) is 58.7 Å². The highest BCUT2D eigenvalue weighted by Crippen LogP contribution is 2.32. The van der Waals surface area contributed by atoms with E-state index in [-0.39, 0.29) is 36.1 Å². The van der Waals surface area contributed by atoms with Crippen LogP contribution in [0.4, 0.5) is 5.95 Å². The first-order valence-electron chi connectivity index (χ1n) is 8.06. The van der Waals surface area contributed by atoms with E-state index >= 15 is 0 Å². The number of nitrogen functional groups attached to an aromatic ring is 1. The van der Waals surface area contributed by atoms with E-state index < -0.39 is 0 Å². The number of halogens is 2. The van der Waals surface area contributed by atoms with Gasteiger partial charge in [0.05, 0.1) is 7.05 Å². The fourth-order valence-electron chi connectivity index (χ4n) is 2.95. The second kappa shape index (κ2) is 7.74. The molecule has 2 aromatic carbocycles. The van der Waals surface area contributed by atoms with Crippen molar-refractivity contribution >= 4 is 27.7 Å². The molecule has 0 fully saturated rings. The number of ether oxygens (including phenoxy) is 2. The average molecular weight is 495 g/mol. The highest BCUT2D eigenvalue weighted by Gasteiger charge is 2.22. The third-order valence-electron chi connectivity index (χ3n) is 4.43. The molecular weight excluding hydrogens is 478 g/mol. The Morgan fingerprint density at radius 3 is 2.63 bits per heavy atom. The van der Waals surface area contributed by atoms with Crippen molar-refractivity contribution < 1.29 is 35.8 Å². The topological polar surface area (TPSA) is 70.4 Å². The van der Waals surface area contributed by atoms with Crippen LogP contribution in [-0.4, -0.2) is 17.1 Å². The summed E-state index contributed by atoms with van der Waals surface area (Å²) < 4.78 is 15.3. The smallest absolute Gasteiger partial charge is 0.355 e. The Labute approximate surface area is 175 Å². The number of carbonyl (C=O) groups is 1. The van der Waals surface area contributed by atoms with E-state index in [4.69, 9.17) is 15.2 Å². The van der Waals surface area contributed by atoms with Crippen LogP contribution in [0.1, 0.15) is 10.4 Å². The summed E-state index contributed by atoms with van der Waals surface area (Å²) in [5, 5.41) is 0. The van der Waals surface area contributed by atoms with Crippen LogP contribution in [0.2, 0.25) is 0 Å². The summed E-state index contributed by atoms with van der Waals surface area (Å²) in [4.78, 5) is 12.7. The van der Waals surface area contributed by atoms with Crippen molar-refractivity contribution in [2.45, 2.75) is 6.54 Å². The van der Waals surface area contributed by atoms with Gasteiger partial charge in [0.15, 0.2) is 17.3 Å². The van der Waals surface area contributed by atoms with Crippen molar-refractivity contribution in [2.24, 2.45) is 7.05 Å². The molecule has 0 atom stereocenters. The zero-order valence-corrected chi connectivity index (χ0v) is 17.7. The van der Waals surface area contributed by atoms with E-state index in [1.54, 1.807) is 22.8 Å². The lowest BCUT2D eigenvalue weighted by atomic mass is 10.1. The van der Waals surface area contributed by atoms with Crippen molar-refractivity contribution in [1.29, 1.82) is 0 Å². The minimum absolute atomic E-state index is 0. The Morgan fingerprint density at radius 2 is 1.89 bits per heavy atom. The molecule has 8 heteroatoms. The van der Waals surface area contributed by atoms with Crippen LogP contribution in [0.25, 0.3) is 11.3 Å². The maximum atomic E-state index is 12.7. The van der Waals surface area contributed by atoms with E-state index in [1.165, 1.54) is 0 Å². The van der Waals surface area contributed by atoms with Gasteiger partial charge in [-0.25, -0.2) is 9.13 Å². The van der Waals surface area contributed by atoms with Gasteiger partial charge in [-0.05, 0) is 30.3 Å². The molecular formula is C19H17Br2N3O3. The predicted octanol–water partition coefficient (Wildman–Crippen LogP) is -0.0601. The number of imidazole rings is 1. The average Bonchev–Trinajstić information content (AvgIpc) is 3.22. The number of fused-ring (bicyclic) bond motifs is 1. The van der Waals surface area contributed by atoms with E-state index in [9.17, 15) is 4.79 Å². The molecule has 0 spiro atoms.